The summed E-state index contributed by atoms with van der Waals surface area (Å²) in [5.74, 6) is 0.609. The molecule has 0 aromatic heterocycles. The molecule has 1 fully saturated rings. The van der Waals surface area contributed by atoms with Gasteiger partial charge < -0.3 is 19.7 Å². The summed E-state index contributed by atoms with van der Waals surface area (Å²) in [6.07, 6.45) is 8.68. The lowest BCUT2D eigenvalue weighted by Crippen LogP contribution is -2.36. The number of carbonyl (C=O) groups is 2. The maximum atomic E-state index is 12.5. The number of nitrogens with zero attached hydrogens (tertiary/aromatic N) is 2. The standard InChI is InChI=1S/C25H47N3O4/c1-8-20(17-27-24(30)32-25(4,5)6)16-21(23(29)31-9-2)14-15-26-18-28(7)22-12-10-19(3)11-13-22/h18-22H,8-17H2,1-7H3,(H,27,30). The topological polar surface area (TPSA) is 80.2 Å². The van der Waals surface area contributed by atoms with Crippen LogP contribution in [0.15, 0.2) is 4.99 Å². The monoisotopic (exact) mass is 453 g/mol. The van der Waals surface area contributed by atoms with Gasteiger partial charge in [-0.15, -0.1) is 0 Å². The Morgan fingerprint density at radius 3 is 2.41 bits per heavy atom. The molecular weight excluding hydrogens is 406 g/mol. The number of alkyl carbamates (subject to hydrolysis) is 1. The zero-order valence-electron chi connectivity index (χ0n) is 21.5. The first-order valence-electron chi connectivity index (χ1n) is 12.4. The van der Waals surface area contributed by atoms with Gasteiger partial charge in [0.1, 0.15) is 5.60 Å². The van der Waals surface area contributed by atoms with Crippen molar-refractivity contribution in [2.45, 2.75) is 98.1 Å². The molecule has 0 aliphatic heterocycles. The third kappa shape index (κ3) is 11.7. The lowest BCUT2D eigenvalue weighted by Gasteiger charge is -2.32. The normalized spacial score (nSPS) is 21.1. The van der Waals surface area contributed by atoms with E-state index in [0.717, 1.165) is 12.3 Å². The Morgan fingerprint density at radius 1 is 1.19 bits per heavy atom. The highest BCUT2D eigenvalue weighted by Crippen LogP contribution is 2.26. The lowest BCUT2D eigenvalue weighted by atomic mass is 9.87. The summed E-state index contributed by atoms with van der Waals surface area (Å²) in [6.45, 7) is 13.2. The van der Waals surface area contributed by atoms with Crippen LogP contribution in [-0.4, -0.2) is 61.7 Å². The van der Waals surface area contributed by atoms with Crippen LogP contribution in [0, 0.1) is 17.8 Å². The maximum absolute atomic E-state index is 12.5. The fraction of sp³-hybridized carbons (Fsp3) is 0.880. The van der Waals surface area contributed by atoms with E-state index in [2.05, 4.69) is 36.1 Å². The van der Waals surface area contributed by atoms with E-state index >= 15 is 0 Å². The predicted molar refractivity (Wildman–Crippen MR) is 130 cm³/mol. The van der Waals surface area contributed by atoms with Crippen molar-refractivity contribution in [1.29, 1.82) is 0 Å². The van der Waals surface area contributed by atoms with Crippen LogP contribution in [0.3, 0.4) is 0 Å². The molecule has 0 aromatic rings. The van der Waals surface area contributed by atoms with Crippen LogP contribution >= 0.6 is 0 Å². The first kappa shape index (κ1) is 28.2. The summed E-state index contributed by atoms with van der Waals surface area (Å²) < 4.78 is 10.6. The van der Waals surface area contributed by atoms with E-state index in [9.17, 15) is 9.59 Å². The maximum Gasteiger partial charge on any atom is 0.407 e. The number of ether oxygens (including phenoxy) is 2. The summed E-state index contributed by atoms with van der Waals surface area (Å²) in [7, 11) is 2.10. The SMILES string of the molecule is CCOC(=O)C(CCN=CN(C)C1CCC(C)CC1)CC(CC)CNC(=O)OC(C)(C)C. The number of aliphatic imine (C=N–C) groups is 1. The quantitative estimate of drug-likeness (QED) is 0.254. The molecule has 32 heavy (non-hydrogen) atoms. The minimum absolute atomic E-state index is 0.173. The summed E-state index contributed by atoms with van der Waals surface area (Å²) in [5, 5.41) is 2.84. The number of rotatable bonds is 12. The Hall–Kier alpha value is -1.79. The lowest BCUT2D eigenvalue weighted by molar-refractivity contribution is -0.148. The molecule has 1 aliphatic rings. The molecule has 0 saturated heterocycles. The molecule has 0 aromatic carbocycles. The second-order valence-electron chi connectivity index (χ2n) is 10.2. The van der Waals surface area contributed by atoms with E-state index < -0.39 is 11.7 Å². The molecule has 1 rings (SSSR count). The van der Waals surface area contributed by atoms with Crippen molar-refractivity contribution >= 4 is 18.4 Å². The molecule has 2 atom stereocenters. The smallest absolute Gasteiger partial charge is 0.407 e. The number of nitrogens with one attached hydrogen (secondary N) is 1. The van der Waals surface area contributed by atoms with Crippen LogP contribution in [0.5, 0.6) is 0 Å². The molecule has 7 nitrogen and oxygen atoms in total. The average molecular weight is 454 g/mol. The van der Waals surface area contributed by atoms with Crippen LogP contribution in [0.25, 0.3) is 0 Å². The van der Waals surface area contributed by atoms with Crippen LogP contribution in [0.2, 0.25) is 0 Å². The van der Waals surface area contributed by atoms with Crippen molar-refractivity contribution in [2.24, 2.45) is 22.7 Å². The first-order chi connectivity index (χ1) is 15.1. The molecule has 2 unspecified atom stereocenters. The van der Waals surface area contributed by atoms with E-state index in [0.29, 0.717) is 38.6 Å². The number of hydrogen-bond acceptors (Lipinski definition) is 5. The first-order valence-corrected chi connectivity index (χ1v) is 12.4. The van der Waals surface area contributed by atoms with Gasteiger partial charge >= 0.3 is 12.1 Å². The Labute approximate surface area is 195 Å². The zero-order chi connectivity index (χ0) is 24.1. The summed E-state index contributed by atoms with van der Waals surface area (Å²) in [6, 6.07) is 0.569. The predicted octanol–water partition coefficient (Wildman–Crippen LogP) is 5.04. The molecule has 1 N–H and O–H groups in total. The van der Waals surface area contributed by atoms with Gasteiger partial charge in [-0.3, -0.25) is 9.79 Å². The van der Waals surface area contributed by atoms with Gasteiger partial charge in [0.25, 0.3) is 0 Å². The second kappa shape index (κ2) is 14.4. The second-order valence-corrected chi connectivity index (χ2v) is 10.2. The summed E-state index contributed by atoms with van der Waals surface area (Å²) in [4.78, 5) is 31.3. The minimum atomic E-state index is -0.527. The van der Waals surface area contributed by atoms with Gasteiger partial charge in [0.05, 0.1) is 18.9 Å². The van der Waals surface area contributed by atoms with E-state index in [4.69, 9.17) is 9.47 Å². The van der Waals surface area contributed by atoms with Crippen LogP contribution in [-0.2, 0) is 14.3 Å². The van der Waals surface area contributed by atoms with Gasteiger partial charge in [-0.2, -0.15) is 0 Å². The van der Waals surface area contributed by atoms with Crippen molar-refractivity contribution in [3.63, 3.8) is 0 Å². The van der Waals surface area contributed by atoms with Gasteiger partial charge in [-0.1, -0.05) is 20.3 Å². The number of amides is 1. The molecule has 0 spiro atoms. The molecule has 1 amide bonds. The van der Waals surface area contributed by atoms with Crippen molar-refractivity contribution in [1.82, 2.24) is 10.2 Å². The minimum Gasteiger partial charge on any atom is -0.466 e. The largest absolute Gasteiger partial charge is 0.466 e. The Morgan fingerprint density at radius 2 is 1.84 bits per heavy atom. The molecule has 0 radical (unpaired) electrons. The Bertz CT molecular complexity index is 580. The van der Waals surface area contributed by atoms with Gasteiger partial charge in [-0.05, 0) is 78.1 Å². The highest BCUT2D eigenvalue weighted by Gasteiger charge is 2.25. The molecule has 186 valence electrons. The van der Waals surface area contributed by atoms with Crippen molar-refractivity contribution in [2.75, 3.05) is 26.7 Å². The molecule has 0 bridgehead atoms. The third-order valence-corrected chi connectivity index (χ3v) is 6.18. The van der Waals surface area contributed by atoms with Crippen LogP contribution < -0.4 is 5.32 Å². The zero-order valence-corrected chi connectivity index (χ0v) is 21.5. The van der Waals surface area contributed by atoms with Gasteiger partial charge in [-0.25, -0.2) is 4.79 Å². The Balaban J connectivity index is 2.55. The average Bonchev–Trinajstić information content (AvgIpc) is 2.71. The number of carbonyl (C=O) groups excluding carboxylic acids is 2. The third-order valence-electron chi connectivity index (χ3n) is 6.18. The molecule has 7 heteroatoms. The number of hydrogen-bond donors (Lipinski definition) is 1. The van der Waals surface area contributed by atoms with E-state index in [1.807, 2.05) is 34.0 Å². The molecule has 0 heterocycles. The highest BCUT2D eigenvalue weighted by atomic mass is 16.6. The van der Waals surface area contributed by atoms with Gasteiger partial charge in [0, 0.05) is 26.2 Å². The molecule has 1 saturated carbocycles. The highest BCUT2D eigenvalue weighted by molar-refractivity contribution is 5.72. The van der Waals surface area contributed by atoms with Crippen molar-refractivity contribution < 1.29 is 19.1 Å². The van der Waals surface area contributed by atoms with E-state index in [1.54, 1.807) is 0 Å². The number of esters is 1. The van der Waals surface area contributed by atoms with Gasteiger partial charge in [0.15, 0.2) is 0 Å². The summed E-state index contributed by atoms with van der Waals surface area (Å²) in [5.41, 5.74) is -0.527. The Kier molecular flexibility index (Phi) is 12.7. The van der Waals surface area contributed by atoms with Crippen molar-refractivity contribution in [3.05, 3.63) is 0 Å². The van der Waals surface area contributed by atoms with E-state index in [-0.39, 0.29) is 17.8 Å². The molecular formula is C25H47N3O4. The van der Waals surface area contributed by atoms with Crippen LogP contribution in [0.4, 0.5) is 4.79 Å². The fourth-order valence-electron chi connectivity index (χ4n) is 4.09. The van der Waals surface area contributed by atoms with Gasteiger partial charge in [0.2, 0.25) is 0 Å². The van der Waals surface area contributed by atoms with Crippen LogP contribution in [0.1, 0.15) is 86.5 Å². The van der Waals surface area contributed by atoms with E-state index in [1.165, 1.54) is 25.7 Å². The summed E-state index contributed by atoms with van der Waals surface area (Å²) >= 11 is 0. The molecule has 1 aliphatic carbocycles. The van der Waals surface area contributed by atoms with Crippen molar-refractivity contribution in [3.8, 4) is 0 Å². The fourth-order valence-corrected chi connectivity index (χ4v) is 4.09.